The van der Waals surface area contributed by atoms with Gasteiger partial charge < -0.3 is 29.3 Å². The summed E-state index contributed by atoms with van der Waals surface area (Å²) in [7, 11) is 0. The maximum Gasteiger partial charge on any atom is 0.410 e. The Kier molecular flexibility index (Phi) is 15.0. The lowest BCUT2D eigenvalue weighted by atomic mass is 9.91. The number of epoxide rings is 1. The number of amides is 1. The van der Waals surface area contributed by atoms with Crippen LogP contribution in [0.15, 0.2) is 36.0 Å². The third-order valence-corrected chi connectivity index (χ3v) is 10.9. The van der Waals surface area contributed by atoms with Gasteiger partial charge in [0, 0.05) is 56.9 Å². The minimum absolute atomic E-state index is 0.0294. The lowest BCUT2D eigenvalue weighted by molar-refractivity contribution is -0.148. The van der Waals surface area contributed by atoms with Crippen molar-refractivity contribution < 1.29 is 34.0 Å². The average Bonchev–Trinajstić information content (AvgIpc) is 3.87. The second kappa shape index (κ2) is 18.7. The van der Waals surface area contributed by atoms with Gasteiger partial charge in [0.25, 0.3) is 0 Å². The van der Waals surface area contributed by atoms with Crippen molar-refractivity contribution in [3.8, 4) is 0 Å². The lowest BCUT2D eigenvalue weighted by Crippen LogP contribution is -2.52. The predicted molar refractivity (Wildman–Crippen MR) is 188 cm³/mol. The van der Waals surface area contributed by atoms with E-state index in [1.165, 1.54) is 38.5 Å². The van der Waals surface area contributed by atoms with Crippen molar-refractivity contribution in [2.45, 2.75) is 160 Å². The van der Waals surface area contributed by atoms with E-state index in [0.717, 1.165) is 44.3 Å². The van der Waals surface area contributed by atoms with Crippen molar-refractivity contribution in [2.24, 2.45) is 11.8 Å². The molecular formula is C39H64N2O7. The van der Waals surface area contributed by atoms with Crippen molar-refractivity contribution in [2.75, 3.05) is 26.2 Å². The van der Waals surface area contributed by atoms with Crippen LogP contribution in [0.25, 0.3) is 0 Å². The molecule has 2 saturated heterocycles. The molecule has 1 aliphatic carbocycles. The number of piperazine rings is 1. The minimum Gasteiger partial charge on any atom is -0.457 e. The van der Waals surface area contributed by atoms with E-state index in [2.05, 4.69) is 4.90 Å². The van der Waals surface area contributed by atoms with Crippen LogP contribution in [0.4, 0.5) is 4.79 Å². The Hall–Kier alpha value is -2.20. The molecule has 0 spiro atoms. The third kappa shape index (κ3) is 12.0. The topological polar surface area (TPSA) is 112 Å². The van der Waals surface area contributed by atoms with E-state index >= 15 is 0 Å². The first kappa shape index (κ1) is 38.6. The van der Waals surface area contributed by atoms with E-state index in [9.17, 15) is 19.8 Å². The Bertz CT molecular complexity index is 1100. The summed E-state index contributed by atoms with van der Waals surface area (Å²) in [6.07, 6.45) is 20.4. The molecule has 0 radical (unpaired) electrons. The van der Waals surface area contributed by atoms with Crippen LogP contribution in [0.3, 0.4) is 0 Å². The van der Waals surface area contributed by atoms with Gasteiger partial charge in [-0.15, -0.1) is 0 Å². The predicted octanol–water partition coefficient (Wildman–Crippen LogP) is 6.72. The molecule has 3 heterocycles. The number of aliphatic hydroxyl groups excluding tert-OH is 1. The maximum atomic E-state index is 13.3. The largest absolute Gasteiger partial charge is 0.457 e. The number of carbonyl (C=O) groups is 2. The molecule has 1 saturated carbocycles. The first-order valence-electron chi connectivity index (χ1n) is 19.0. The van der Waals surface area contributed by atoms with Crippen LogP contribution >= 0.6 is 0 Å². The molecule has 8 atom stereocenters. The van der Waals surface area contributed by atoms with Crippen LogP contribution in [-0.2, 0) is 19.0 Å². The molecular weight excluding hydrogens is 608 g/mol. The fraction of sp³-hybridized carbons (Fsp3) is 0.795. The van der Waals surface area contributed by atoms with Gasteiger partial charge in [-0.3, -0.25) is 9.69 Å². The molecule has 0 aromatic carbocycles. The fourth-order valence-corrected chi connectivity index (χ4v) is 7.65. The molecule has 9 nitrogen and oxygen atoms in total. The van der Waals surface area contributed by atoms with Gasteiger partial charge in [0.1, 0.15) is 12.2 Å². The van der Waals surface area contributed by atoms with E-state index in [1.54, 1.807) is 13.0 Å². The van der Waals surface area contributed by atoms with E-state index in [0.29, 0.717) is 38.4 Å². The summed E-state index contributed by atoms with van der Waals surface area (Å²) < 4.78 is 17.8. The van der Waals surface area contributed by atoms with Crippen molar-refractivity contribution in [3.63, 3.8) is 0 Å². The van der Waals surface area contributed by atoms with Gasteiger partial charge in [-0.25, -0.2) is 4.79 Å². The molecule has 1 amide bonds. The zero-order valence-electron chi connectivity index (χ0n) is 30.4. The van der Waals surface area contributed by atoms with Gasteiger partial charge in [-0.1, -0.05) is 77.2 Å². The van der Waals surface area contributed by atoms with Crippen LogP contribution in [-0.4, -0.2) is 100 Å². The Morgan fingerprint density at radius 3 is 2.42 bits per heavy atom. The summed E-state index contributed by atoms with van der Waals surface area (Å²) in [5.41, 5.74) is -0.217. The number of cyclic esters (lactones) is 1. The molecule has 3 aliphatic heterocycles. The summed E-state index contributed by atoms with van der Waals surface area (Å²) >= 11 is 0. The molecule has 9 heteroatoms. The lowest BCUT2D eigenvalue weighted by Gasteiger charge is -2.39. The quantitative estimate of drug-likeness (QED) is 0.0866. The smallest absolute Gasteiger partial charge is 0.410 e. The number of nitrogens with zero attached hydrogens (tertiary/aromatic N) is 2. The van der Waals surface area contributed by atoms with Crippen LogP contribution in [0.2, 0.25) is 0 Å². The van der Waals surface area contributed by atoms with Gasteiger partial charge in [0.15, 0.2) is 0 Å². The number of aliphatic hydroxyl groups is 2. The number of esters is 1. The van der Waals surface area contributed by atoms with Gasteiger partial charge in [0.05, 0.1) is 23.9 Å². The zero-order chi connectivity index (χ0) is 34.7. The number of hydrogen-bond acceptors (Lipinski definition) is 8. The van der Waals surface area contributed by atoms with Gasteiger partial charge in [0.2, 0.25) is 0 Å². The molecule has 3 fully saturated rings. The van der Waals surface area contributed by atoms with Crippen LogP contribution in [0.1, 0.15) is 118 Å². The van der Waals surface area contributed by atoms with E-state index in [-0.39, 0.29) is 42.2 Å². The number of rotatable bonds is 10. The van der Waals surface area contributed by atoms with Gasteiger partial charge in [-0.05, 0) is 64.0 Å². The molecule has 4 aliphatic rings. The number of ether oxygens (including phenoxy) is 3. The summed E-state index contributed by atoms with van der Waals surface area (Å²) in [6, 6.07) is 0.657. The first-order chi connectivity index (χ1) is 23.0. The minimum atomic E-state index is -1.08. The summed E-state index contributed by atoms with van der Waals surface area (Å²) in [5.74, 6) is -0.326. The maximum absolute atomic E-state index is 13.3. The summed E-state index contributed by atoms with van der Waals surface area (Å²) in [6.45, 7) is 12.9. The van der Waals surface area contributed by atoms with E-state index < -0.39 is 17.8 Å². The third-order valence-electron chi connectivity index (χ3n) is 10.9. The van der Waals surface area contributed by atoms with Crippen molar-refractivity contribution in [1.82, 2.24) is 9.80 Å². The summed E-state index contributed by atoms with van der Waals surface area (Å²) in [5, 5.41) is 21.2. The average molecular weight is 673 g/mol. The number of allylic oxidation sites excluding steroid dienone is 2. The highest BCUT2D eigenvalue weighted by molar-refractivity contribution is 5.70. The van der Waals surface area contributed by atoms with Crippen molar-refractivity contribution in [3.05, 3.63) is 36.0 Å². The molecule has 0 bridgehead atoms. The summed E-state index contributed by atoms with van der Waals surface area (Å²) in [4.78, 5) is 30.5. The molecule has 0 aromatic heterocycles. The Morgan fingerprint density at radius 2 is 1.73 bits per heavy atom. The fourth-order valence-electron chi connectivity index (χ4n) is 7.65. The van der Waals surface area contributed by atoms with Crippen LogP contribution < -0.4 is 0 Å². The van der Waals surface area contributed by atoms with Crippen LogP contribution in [0, 0.1) is 11.8 Å². The Labute approximate surface area is 289 Å². The SMILES string of the molecule is CC[C@H](O)[C@@H](C)[C@H]1O[C@@H]1C[C@@](C)(O)/C=C/C=C(\C)[C@H]1OC(=O)CCCCC[C@@H](OC(=O)N2CCN(C3CCCCCC3)CC2)/C=C/[C@@H]1C. The highest BCUT2D eigenvalue weighted by Crippen LogP contribution is 2.37. The van der Waals surface area contributed by atoms with Gasteiger partial charge >= 0.3 is 12.1 Å². The molecule has 48 heavy (non-hydrogen) atoms. The molecule has 2 N–H and O–H groups in total. The van der Waals surface area contributed by atoms with Crippen molar-refractivity contribution in [1.29, 1.82) is 0 Å². The molecule has 272 valence electrons. The highest BCUT2D eigenvalue weighted by atomic mass is 16.6. The zero-order valence-corrected chi connectivity index (χ0v) is 30.4. The Morgan fingerprint density at radius 1 is 1.06 bits per heavy atom. The highest BCUT2D eigenvalue weighted by Gasteiger charge is 2.47. The van der Waals surface area contributed by atoms with Crippen LogP contribution in [0.5, 0.6) is 0 Å². The monoisotopic (exact) mass is 672 g/mol. The second-order valence-electron chi connectivity index (χ2n) is 15.1. The normalized spacial score (nSPS) is 32.2. The molecule has 4 rings (SSSR count). The van der Waals surface area contributed by atoms with Crippen molar-refractivity contribution >= 4 is 12.1 Å². The molecule has 0 aromatic rings. The number of hydrogen-bond donors (Lipinski definition) is 2. The molecule has 0 unspecified atom stereocenters. The standard InChI is InChI=1S/C39H64N2O7/c1-6-33(42)30(4)37-34(47-37)27-39(5,45)22-14-15-28(2)36-29(3)20-21-32(18-12-9-13-19-35(43)48-36)46-38(44)41-25-23-40(24-26-41)31-16-10-7-8-11-17-31/h14-15,20-22,29-34,36-37,42,45H,6-13,16-19,23-27H2,1-5H3/b21-20+,22-14+,28-15+/t29-,30+,32+,33-,34+,36+,37+,39-/m0/s1. The van der Waals surface area contributed by atoms with E-state index in [4.69, 9.17) is 14.2 Å². The Balaban J connectivity index is 1.33. The first-order valence-corrected chi connectivity index (χ1v) is 19.0. The second-order valence-corrected chi connectivity index (χ2v) is 15.1. The van der Waals surface area contributed by atoms with Gasteiger partial charge in [-0.2, -0.15) is 0 Å². The number of carbonyl (C=O) groups excluding carboxylic acids is 2. The van der Waals surface area contributed by atoms with E-state index in [1.807, 2.05) is 56.9 Å².